The Morgan fingerprint density at radius 1 is 0.892 bits per heavy atom. The molecule has 1 atom stereocenters. The number of carbonyl (C=O) groups excluding carboxylic acids is 4. The summed E-state index contributed by atoms with van der Waals surface area (Å²) in [6.45, 7) is 4.87. The number of nitrogens with one attached hydrogen (secondary N) is 1. The van der Waals surface area contributed by atoms with Crippen LogP contribution in [0.1, 0.15) is 78.7 Å². The first kappa shape index (κ1) is 24.4. The molecule has 3 aromatic rings. The van der Waals surface area contributed by atoms with Crippen molar-refractivity contribution in [2.24, 2.45) is 0 Å². The number of carbonyl (C=O) groups is 4. The molecular weight excluding hydrogens is 466 g/mol. The van der Waals surface area contributed by atoms with E-state index in [1.807, 2.05) is 17.9 Å². The first-order valence-electron chi connectivity index (χ1n) is 12.6. The summed E-state index contributed by atoms with van der Waals surface area (Å²) < 4.78 is 0. The first-order chi connectivity index (χ1) is 17.8. The number of imide groups is 1. The van der Waals surface area contributed by atoms with Crippen molar-refractivity contribution in [3.63, 3.8) is 0 Å². The average Bonchev–Trinajstić information content (AvgIpc) is 3.15. The van der Waals surface area contributed by atoms with Gasteiger partial charge in [0.25, 0.3) is 23.6 Å². The van der Waals surface area contributed by atoms with E-state index in [1.54, 1.807) is 60.7 Å². The molecule has 0 aliphatic carbocycles. The summed E-state index contributed by atoms with van der Waals surface area (Å²) in [7, 11) is 0. The number of anilines is 1. The number of fused-ring (bicyclic) bond motifs is 1. The van der Waals surface area contributed by atoms with Crippen LogP contribution < -0.4 is 5.32 Å². The minimum absolute atomic E-state index is 0.0295. The minimum atomic E-state index is -0.311. The number of piperidine rings is 1. The highest BCUT2D eigenvalue weighted by Crippen LogP contribution is 2.25. The van der Waals surface area contributed by atoms with Crippen molar-refractivity contribution in [3.8, 4) is 0 Å². The fourth-order valence-corrected chi connectivity index (χ4v) is 5.02. The van der Waals surface area contributed by atoms with Crippen molar-refractivity contribution in [3.05, 3.63) is 100 Å². The summed E-state index contributed by atoms with van der Waals surface area (Å²) in [5.74, 6) is -0.870. The zero-order chi connectivity index (χ0) is 26.1. The Kier molecular flexibility index (Phi) is 6.61. The molecule has 1 saturated heterocycles. The molecule has 4 amide bonds. The largest absolute Gasteiger partial charge is 0.336 e. The second kappa shape index (κ2) is 10.0. The monoisotopic (exact) mass is 495 g/mol. The van der Waals surface area contributed by atoms with Gasteiger partial charge in [0.15, 0.2) is 0 Å². The van der Waals surface area contributed by atoms with Gasteiger partial charge in [0.05, 0.1) is 17.7 Å². The van der Waals surface area contributed by atoms with Crippen LogP contribution in [-0.4, -0.2) is 46.0 Å². The average molecular weight is 496 g/mol. The number of hydrogen-bond acceptors (Lipinski definition) is 4. The van der Waals surface area contributed by atoms with E-state index in [9.17, 15) is 19.2 Å². The molecule has 1 unspecified atom stereocenters. The lowest BCUT2D eigenvalue weighted by Gasteiger charge is -2.33. The van der Waals surface area contributed by atoms with Gasteiger partial charge in [-0.05, 0) is 86.7 Å². The highest BCUT2D eigenvalue weighted by Gasteiger charge is 2.35. The van der Waals surface area contributed by atoms with Crippen molar-refractivity contribution < 1.29 is 19.2 Å². The third-order valence-electron chi connectivity index (χ3n) is 7.22. The van der Waals surface area contributed by atoms with Gasteiger partial charge in [0, 0.05) is 29.4 Å². The molecule has 37 heavy (non-hydrogen) atoms. The van der Waals surface area contributed by atoms with E-state index >= 15 is 0 Å². The van der Waals surface area contributed by atoms with E-state index in [2.05, 4.69) is 12.2 Å². The molecule has 2 aliphatic rings. The quantitative estimate of drug-likeness (QED) is 0.502. The zero-order valence-corrected chi connectivity index (χ0v) is 21.0. The molecular formula is C30H29N3O4. The van der Waals surface area contributed by atoms with Gasteiger partial charge in [-0.3, -0.25) is 24.1 Å². The van der Waals surface area contributed by atoms with Crippen LogP contribution in [0.5, 0.6) is 0 Å². The topological polar surface area (TPSA) is 86.8 Å². The van der Waals surface area contributed by atoms with E-state index < -0.39 is 0 Å². The highest BCUT2D eigenvalue weighted by atomic mass is 16.2. The molecule has 0 aromatic heterocycles. The maximum Gasteiger partial charge on any atom is 0.261 e. The third kappa shape index (κ3) is 4.77. The molecule has 7 nitrogen and oxygen atoms in total. The summed E-state index contributed by atoms with van der Waals surface area (Å²) in [4.78, 5) is 54.2. The Labute approximate surface area is 216 Å². The summed E-state index contributed by atoms with van der Waals surface area (Å²) in [5, 5.41) is 2.92. The van der Waals surface area contributed by atoms with Gasteiger partial charge in [-0.1, -0.05) is 24.3 Å². The van der Waals surface area contributed by atoms with Gasteiger partial charge in [0.1, 0.15) is 0 Å². The third-order valence-corrected chi connectivity index (χ3v) is 7.22. The van der Waals surface area contributed by atoms with Crippen molar-refractivity contribution in [2.75, 3.05) is 11.9 Å². The van der Waals surface area contributed by atoms with Gasteiger partial charge < -0.3 is 10.2 Å². The molecule has 0 spiro atoms. The van der Waals surface area contributed by atoms with Gasteiger partial charge in [-0.15, -0.1) is 0 Å². The maximum absolute atomic E-state index is 13.0. The van der Waals surface area contributed by atoms with Crippen LogP contribution in [0.15, 0.2) is 66.7 Å². The first-order valence-corrected chi connectivity index (χ1v) is 12.6. The fraction of sp³-hybridized carbons (Fsp3) is 0.267. The van der Waals surface area contributed by atoms with Gasteiger partial charge in [-0.25, -0.2) is 0 Å². The lowest BCUT2D eigenvalue weighted by atomic mass is 10.0. The predicted octanol–water partition coefficient (Wildman–Crippen LogP) is 5.06. The Balaban J connectivity index is 1.23. The number of hydrogen-bond donors (Lipinski definition) is 1. The molecule has 188 valence electrons. The standard InChI is InChI=1S/C30H29N3O4/c1-19-17-23(28(35)32-16-6-5-7-20(32)2)14-15-26(19)31-27(34)22-12-10-21(11-13-22)18-33-29(36)24-8-3-4-9-25(24)30(33)37/h3-4,8-15,17,20H,5-7,16,18H2,1-2H3,(H,31,34). The summed E-state index contributed by atoms with van der Waals surface area (Å²) in [6, 6.07) is 19.2. The van der Waals surface area contributed by atoms with Crippen LogP contribution in [-0.2, 0) is 6.54 Å². The van der Waals surface area contributed by atoms with E-state index in [0.717, 1.165) is 36.9 Å². The summed E-state index contributed by atoms with van der Waals surface area (Å²) in [5.41, 5.74) is 4.11. The van der Waals surface area contributed by atoms with Crippen LogP contribution in [0.4, 0.5) is 5.69 Å². The Hall–Kier alpha value is -4.26. The molecule has 2 aliphatic heterocycles. The lowest BCUT2D eigenvalue weighted by Crippen LogP contribution is -2.42. The molecule has 0 bridgehead atoms. The van der Waals surface area contributed by atoms with Gasteiger partial charge in [-0.2, -0.15) is 0 Å². The van der Waals surface area contributed by atoms with Crippen molar-refractivity contribution in [1.29, 1.82) is 0 Å². The van der Waals surface area contributed by atoms with Crippen LogP contribution in [0.3, 0.4) is 0 Å². The van der Waals surface area contributed by atoms with Crippen LogP contribution in [0.25, 0.3) is 0 Å². The number of rotatable bonds is 5. The molecule has 7 heteroatoms. The van der Waals surface area contributed by atoms with Crippen molar-refractivity contribution >= 4 is 29.3 Å². The zero-order valence-electron chi connectivity index (χ0n) is 21.0. The fourth-order valence-electron chi connectivity index (χ4n) is 5.02. The Morgan fingerprint density at radius 2 is 1.54 bits per heavy atom. The van der Waals surface area contributed by atoms with Gasteiger partial charge in [0.2, 0.25) is 0 Å². The Bertz CT molecular complexity index is 1360. The van der Waals surface area contributed by atoms with Gasteiger partial charge >= 0.3 is 0 Å². The lowest BCUT2D eigenvalue weighted by molar-refractivity contribution is 0.0627. The molecule has 0 radical (unpaired) electrons. The second-order valence-electron chi connectivity index (χ2n) is 9.77. The van der Waals surface area contributed by atoms with E-state index in [4.69, 9.17) is 0 Å². The number of aryl methyl sites for hydroxylation is 1. The van der Waals surface area contributed by atoms with E-state index in [-0.39, 0.29) is 36.2 Å². The molecule has 3 aromatic carbocycles. The van der Waals surface area contributed by atoms with E-state index in [0.29, 0.717) is 27.9 Å². The Morgan fingerprint density at radius 3 is 2.16 bits per heavy atom. The maximum atomic E-state index is 13.0. The van der Waals surface area contributed by atoms with Crippen LogP contribution in [0, 0.1) is 6.92 Å². The number of benzene rings is 3. The minimum Gasteiger partial charge on any atom is -0.336 e. The van der Waals surface area contributed by atoms with Crippen molar-refractivity contribution in [1.82, 2.24) is 9.80 Å². The summed E-state index contributed by atoms with van der Waals surface area (Å²) >= 11 is 0. The molecule has 1 fully saturated rings. The predicted molar refractivity (Wildman–Crippen MR) is 141 cm³/mol. The number of likely N-dealkylation sites (tertiary alicyclic amines) is 1. The number of nitrogens with zero attached hydrogens (tertiary/aromatic N) is 2. The van der Waals surface area contributed by atoms with Crippen LogP contribution >= 0.6 is 0 Å². The summed E-state index contributed by atoms with van der Waals surface area (Å²) in [6.07, 6.45) is 3.20. The smallest absolute Gasteiger partial charge is 0.261 e. The highest BCUT2D eigenvalue weighted by molar-refractivity contribution is 6.21. The van der Waals surface area contributed by atoms with E-state index in [1.165, 1.54) is 4.90 Å². The molecule has 1 N–H and O–H groups in total. The van der Waals surface area contributed by atoms with Crippen molar-refractivity contribution in [2.45, 2.75) is 45.7 Å². The SMILES string of the molecule is Cc1cc(C(=O)N2CCCCC2C)ccc1NC(=O)c1ccc(CN2C(=O)c3ccccc3C2=O)cc1. The van der Waals surface area contributed by atoms with Crippen LogP contribution in [0.2, 0.25) is 0 Å². The molecule has 5 rings (SSSR count). The second-order valence-corrected chi connectivity index (χ2v) is 9.77. The molecule has 2 heterocycles. The number of amides is 4. The molecule has 0 saturated carbocycles. The normalized spacial score (nSPS) is 17.1.